The van der Waals surface area contributed by atoms with E-state index in [0.717, 1.165) is 24.2 Å². The standard InChI is InChI=1S/C19H22N2O2/c1-14-5-3-7-16(11-14)12-19(22)21-10-9-17(13-21)23-18-8-4-6-15(2)20-18/h3-8,11,17H,9-10,12-13H2,1-2H3. The normalized spacial score (nSPS) is 17.3. The van der Waals surface area contributed by atoms with Crippen LogP contribution in [0, 0.1) is 13.8 Å². The molecule has 3 rings (SSSR count). The van der Waals surface area contributed by atoms with Crippen molar-refractivity contribution in [2.24, 2.45) is 0 Å². The summed E-state index contributed by atoms with van der Waals surface area (Å²) in [6.45, 7) is 5.38. The van der Waals surface area contributed by atoms with Crippen molar-refractivity contribution in [2.45, 2.75) is 32.8 Å². The number of carbonyl (C=O) groups is 1. The Morgan fingerprint density at radius 3 is 2.87 bits per heavy atom. The van der Waals surface area contributed by atoms with Crippen LogP contribution in [0.5, 0.6) is 5.88 Å². The Bertz CT molecular complexity index is 699. The van der Waals surface area contributed by atoms with E-state index in [-0.39, 0.29) is 12.0 Å². The maximum Gasteiger partial charge on any atom is 0.227 e. The van der Waals surface area contributed by atoms with Gasteiger partial charge in [-0.1, -0.05) is 35.9 Å². The van der Waals surface area contributed by atoms with Gasteiger partial charge in [-0.3, -0.25) is 4.79 Å². The molecule has 1 fully saturated rings. The van der Waals surface area contributed by atoms with Crippen molar-refractivity contribution in [1.29, 1.82) is 0 Å². The predicted octanol–water partition coefficient (Wildman–Crippen LogP) is 2.92. The van der Waals surface area contributed by atoms with Crippen LogP contribution in [0.3, 0.4) is 0 Å². The Labute approximate surface area is 137 Å². The van der Waals surface area contributed by atoms with Crippen LogP contribution >= 0.6 is 0 Å². The molecule has 0 radical (unpaired) electrons. The average Bonchev–Trinajstić information content (AvgIpc) is 2.96. The lowest BCUT2D eigenvalue weighted by atomic mass is 10.1. The summed E-state index contributed by atoms with van der Waals surface area (Å²) in [5.74, 6) is 0.807. The average molecular weight is 310 g/mol. The molecule has 1 aromatic carbocycles. The molecular formula is C19H22N2O2. The molecule has 0 bridgehead atoms. The molecule has 1 aromatic heterocycles. The first-order chi connectivity index (χ1) is 11.1. The summed E-state index contributed by atoms with van der Waals surface area (Å²) in [6.07, 6.45) is 1.34. The van der Waals surface area contributed by atoms with E-state index in [2.05, 4.69) is 11.1 Å². The fourth-order valence-corrected chi connectivity index (χ4v) is 2.91. The lowest BCUT2D eigenvalue weighted by molar-refractivity contribution is -0.129. The van der Waals surface area contributed by atoms with E-state index in [4.69, 9.17) is 4.74 Å². The molecule has 0 aliphatic carbocycles. The fraction of sp³-hybridized carbons (Fsp3) is 0.368. The van der Waals surface area contributed by atoms with Gasteiger partial charge in [0.05, 0.1) is 13.0 Å². The van der Waals surface area contributed by atoms with Crippen LogP contribution in [0.15, 0.2) is 42.5 Å². The minimum absolute atomic E-state index is 0.0331. The van der Waals surface area contributed by atoms with Gasteiger partial charge in [-0.15, -0.1) is 0 Å². The molecule has 1 aliphatic rings. The Hall–Kier alpha value is -2.36. The fourth-order valence-electron chi connectivity index (χ4n) is 2.91. The minimum atomic E-state index is 0.0331. The summed E-state index contributed by atoms with van der Waals surface area (Å²) in [5.41, 5.74) is 3.19. The molecule has 0 saturated carbocycles. The second kappa shape index (κ2) is 6.82. The molecule has 2 aromatic rings. The zero-order valence-electron chi connectivity index (χ0n) is 13.7. The molecular weight excluding hydrogens is 288 g/mol. The van der Waals surface area contributed by atoms with Gasteiger partial charge in [0.15, 0.2) is 0 Å². The Kier molecular flexibility index (Phi) is 4.60. The molecule has 4 heteroatoms. The highest BCUT2D eigenvalue weighted by Gasteiger charge is 2.27. The maximum absolute atomic E-state index is 12.4. The molecule has 1 amide bonds. The zero-order valence-corrected chi connectivity index (χ0v) is 13.7. The van der Waals surface area contributed by atoms with E-state index < -0.39 is 0 Å². The van der Waals surface area contributed by atoms with Crippen LogP contribution in [-0.2, 0) is 11.2 Å². The summed E-state index contributed by atoms with van der Waals surface area (Å²) in [5, 5.41) is 0. The number of pyridine rings is 1. The number of rotatable bonds is 4. The summed E-state index contributed by atoms with van der Waals surface area (Å²) in [6, 6.07) is 13.9. The SMILES string of the molecule is Cc1cccc(CC(=O)N2CCC(Oc3cccc(C)n3)C2)c1. The van der Waals surface area contributed by atoms with E-state index in [0.29, 0.717) is 18.8 Å². The van der Waals surface area contributed by atoms with E-state index >= 15 is 0 Å². The number of benzene rings is 1. The topological polar surface area (TPSA) is 42.4 Å². The lowest BCUT2D eigenvalue weighted by Gasteiger charge is -2.17. The van der Waals surface area contributed by atoms with Gasteiger partial charge in [0.25, 0.3) is 0 Å². The predicted molar refractivity (Wildman–Crippen MR) is 89.5 cm³/mol. The third kappa shape index (κ3) is 4.09. The number of carbonyl (C=O) groups excluding carboxylic acids is 1. The van der Waals surface area contributed by atoms with Gasteiger partial charge in [-0.25, -0.2) is 4.98 Å². The number of hydrogen-bond acceptors (Lipinski definition) is 3. The number of nitrogens with zero attached hydrogens (tertiary/aromatic N) is 2. The van der Waals surface area contributed by atoms with Crippen molar-refractivity contribution < 1.29 is 9.53 Å². The first kappa shape index (κ1) is 15.5. The molecule has 1 unspecified atom stereocenters. The zero-order chi connectivity index (χ0) is 16.2. The van der Waals surface area contributed by atoms with Crippen LogP contribution in [0.25, 0.3) is 0 Å². The van der Waals surface area contributed by atoms with Gasteiger partial charge < -0.3 is 9.64 Å². The monoisotopic (exact) mass is 310 g/mol. The molecule has 4 nitrogen and oxygen atoms in total. The Morgan fingerprint density at radius 1 is 1.26 bits per heavy atom. The van der Waals surface area contributed by atoms with Gasteiger partial charge in [-0.05, 0) is 25.5 Å². The number of hydrogen-bond donors (Lipinski definition) is 0. The first-order valence-corrected chi connectivity index (χ1v) is 8.04. The van der Waals surface area contributed by atoms with Crippen LogP contribution < -0.4 is 4.74 Å². The third-order valence-electron chi connectivity index (χ3n) is 4.09. The molecule has 1 aliphatic heterocycles. The van der Waals surface area contributed by atoms with Crippen LogP contribution in [0.2, 0.25) is 0 Å². The van der Waals surface area contributed by atoms with E-state index in [1.165, 1.54) is 5.56 Å². The summed E-state index contributed by atoms with van der Waals surface area (Å²) in [7, 11) is 0. The highest BCUT2D eigenvalue weighted by molar-refractivity contribution is 5.79. The minimum Gasteiger partial charge on any atom is -0.472 e. The highest BCUT2D eigenvalue weighted by Crippen LogP contribution is 2.18. The second-order valence-corrected chi connectivity index (χ2v) is 6.15. The van der Waals surface area contributed by atoms with Crippen molar-refractivity contribution in [3.8, 4) is 5.88 Å². The van der Waals surface area contributed by atoms with Crippen LogP contribution in [0.4, 0.5) is 0 Å². The molecule has 2 heterocycles. The van der Waals surface area contributed by atoms with Crippen molar-refractivity contribution >= 4 is 5.91 Å². The third-order valence-corrected chi connectivity index (χ3v) is 4.09. The van der Waals surface area contributed by atoms with E-state index in [9.17, 15) is 4.79 Å². The van der Waals surface area contributed by atoms with E-state index in [1.807, 2.05) is 55.1 Å². The second-order valence-electron chi connectivity index (χ2n) is 6.15. The highest BCUT2D eigenvalue weighted by atomic mass is 16.5. The van der Waals surface area contributed by atoms with Crippen molar-refractivity contribution in [2.75, 3.05) is 13.1 Å². The maximum atomic E-state index is 12.4. The number of likely N-dealkylation sites (tertiary alicyclic amines) is 1. The smallest absolute Gasteiger partial charge is 0.227 e. The quantitative estimate of drug-likeness (QED) is 0.872. The van der Waals surface area contributed by atoms with E-state index in [1.54, 1.807) is 0 Å². The Morgan fingerprint density at radius 2 is 2.09 bits per heavy atom. The summed E-state index contributed by atoms with van der Waals surface area (Å²) < 4.78 is 5.90. The molecule has 0 N–H and O–H groups in total. The van der Waals surface area contributed by atoms with Crippen molar-refractivity contribution in [1.82, 2.24) is 9.88 Å². The lowest BCUT2D eigenvalue weighted by Crippen LogP contribution is -2.32. The summed E-state index contributed by atoms with van der Waals surface area (Å²) >= 11 is 0. The van der Waals surface area contributed by atoms with Crippen molar-refractivity contribution in [3.05, 3.63) is 59.3 Å². The van der Waals surface area contributed by atoms with Gasteiger partial charge in [0, 0.05) is 24.7 Å². The molecule has 23 heavy (non-hydrogen) atoms. The molecule has 1 atom stereocenters. The van der Waals surface area contributed by atoms with Crippen LogP contribution in [0.1, 0.15) is 23.2 Å². The summed E-state index contributed by atoms with van der Waals surface area (Å²) in [4.78, 5) is 18.7. The van der Waals surface area contributed by atoms with Crippen molar-refractivity contribution in [3.63, 3.8) is 0 Å². The molecule has 1 saturated heterocycles. The largest absolute Gasteiger partial charge is 0.472 e. The Balaban J connectivity index is 1.55. The number of aryl methyl sites for hydroxylation is 2. The van der Waals surface area contributed by atoms with Crippen LogP contribution in [-0.4, -0.2) is 35.0 Å². The van der Waals surface area contributed by atoms with Gasteiger partial charge >= 0.3 is 0 Å². The number of ether oxygens (including phenoxy) is 1. The number of amides is 1. The number of aromatic nitrogens is 1. The first-order valence-electron chi connectivity index (χ1n) is 8.04. The van der Waals surface area contributed by atoms with Gasteiger partial charge in [0.2, 0.25) is 11.8 Å². The molecule has 120 valence electrons. The molecule has 0 spiro atoms. The van der Waals surface area contributed by atoms with Gasteiger partial charge in [0.1, 0.15) is 6.10 Å². The van der Waals surface area contributed by atoms with Gasteiger partial charge in [-0.2, -0.15) is 0 Å².